The van der Waals surface area contributed by atoms with Crippen LogP contribution in [-0.4, -0.2) is 39.4 Å². The van der Waals surface area contributed by atoms with Crippen molar-refractivity contribution in [2.24, 2.45) is 11.3 Å². The van der Waals surface area contributed by atoms with Crippen LogP contribution in [0.4, 0.5) is 0 Å². The Kier molecular flexibility index (Phi) is 2.49. The Hall–Kier alpha value is -0.610. The molecule has 1 aliphatic heterocycles. The molecule has 1 atom stereocenters. The average Bonchev–Trinajstić information content (AvgIpc) is 2.57. The van der Waals surface area contributed by atoms with E-state index in [-0.39, 0.29) is 17.3 Å². The largest absolute Gasteiger partial charge is 0.469 e. The zero-order chi connectivity index (χ0) is 10.2. The lowest BCUT2D eigenvalue weighted by Crippen LogP contribution is -2.49. The minimum absolute atomic E-state index is 0.0268. The van der Waals surface area contributed by atoms with Crippen LogP contribution in [-0.2, 0) is 14.3 Å². The zero-order valence-electron chi connectivity index (χ0n) is 8.71. The van der Waals surface area contributed by atoms with Crippen LogP contribution >= 0.6 is 0 Å². The van der Waals surface area contributed by atoms with Crippen molar-refractivity contribution in [3.8, 4) is 0 Å². The van der Waals surface area contributed by atoms with E-state index in [2.05, 4.69) is 5.32 Å². The number of methoxy groups -OCH3 is 2. The maximum Gasteiger partial charge on any atom is 0.310 e. The fraction of sp³-hybridized carbons (Fsp3) is 0.900. The van der Waals surface area contributed by atoms with Gasteiger partial charge in [0.1, 0.15) is 0 Å². The van der Waals surface area contributed by atoms with Crippen molar-refractivity contribution < 1.29 is 14.3 Å². The van der Waals surface area contributed by atoms with Gasteiger partial charge >= 0.3 is 5.97 Å². The van der Waals surface area contributed by atoms with E-state index in [4.69, 9.17) is 9.47 Å². The van der Waals surface area contributed by atoms with Gasteiger partial charge in [-0.15, -0.1) is 0 Å². The first-order valence-electron chi connectivity index (χ1n) is 5.03. The maximum absolute atomic E-state index is 11.5. The highest BCUT2D eigenvalue weighted by molar-refractivity contribution is 5.74. The van der Waals surface area contributed by atoms with Crippen molar-refractivity contribution in [3.63, 3.8) is 0 Å². The Labute approximate surface area is 84.0 Å². The molecule has 1 spiro atoms. The Balaban J connectivity index is 2.02. The minimum Gasteiger partial charge on any atom is -0.469 e. The summed E-state index contributed by atoms with van der Waals surface area (Å²) in [6.07, 6.45) is 2.30. The Bertz CT molecular complexity index is 236. The standard InChI is InChI=1S/C10H17NO3/c1-13-7-3-10(4-7)6-11-5-8(10)9(12)14-2/h7-8,11H,3-6H2,1-2H3. The van der Waals surface area contributed by atoms with Gasteiger partial charge in [-0.05, 0) is 12.8 Å². The van der Waals surface area contributed by atoms with E-state index in [1.54, 1.807) is 7.11 Å². The van der Waals surface area contributed by atoms with E-state index >= 15 is 0 Å². The lowest BCUT2D eigenvalue weighted by Gasteiger charge is -2.46. The second-order valence-corrected chi connectivity index (χ2v) is 4.33. The molecular weight excluding hydrogens is 182 g/mol. The highest BCUT2D eigenvalue weighted by atomic mass is 16.5. The summed E-state index contributed by atoms with van der Waals surface area (Å²) in [5, 5.41) is 3.27. The summed E-state index contributed by atoms with van der Waals surface area (Å²) in [4.78, 5) is 11.5. The van der Waals surface area contributed by atoms with Crippen molar-refractivity contribution >= 4 is 5.97 Å². The highest BCUT2D eigenvalue weighted by Crippen LogP contribution is 2.50. The Morgan fingerprint density at radius 2 is 2.14 bits per heavy atom. The van der Waals surface area contributed by atoms with Crippen LogP contribution in [0.1, 0.15) is 12.8 Å². The quantitative estimate of drug-likeness (QED) is 0.644. The molecule has 2 rings (SSSR count). The SMILES string of the molecule is COC(=O)C1CNCC12CC(OC)C2. The summed E-state index contributed by atoms with van der Waals surface area (Å²) in [6, 6.07) is 0. The van der Waals surface area contributed by atoms with Gasteiger partial charge in [-0.25, -0.2) is 0 Å². The third-order valence-corrected chi connectivity index (χ3v) is 3.65. The predicted molar refractivity (Wildman–Crippen MR) is 50.8 cm³/mol. The molecule has 1 N–H and O–H groups in total. The molecule has 0 bridgehead atoms. The van der Waals surface area contributed by atoms with Crippen LogP contribution in [0, 0.1) is 11.3 Å². The second-order valence-electron chi connectivity index (χ2n) is 4.33. The van der Waals surface area contributed by atoms with Crippen LogP contribution in [0.15, 0.2) is 0 Å². The van der Waals surface area contributed by atoms with Gasteiger partial charge < -0.3 is 14.8 Å². The maximum atomic E-state index is 11.5. The molecule has 1 saturated carbocycles. The summed E-state index contributed by atoms with van der Waals surface area (Å²) in [6.45, 7) is 1.68. The second kappa shape index (κ2) is 3.51. The van der Waals surface area contributed by atoms with Crippen molar-refractivity contribution in [2.75, 3.05) is 27.3 Å². The molecule has 2 fully saturated rings. The first-order chi connectivity index (χ1) is 6.72. The first-order valence-corrected chi connectivity index (χ1v) is 5.03. The third-order valence-electron chi connectivity index (χ3n) is 3.65. The van der Waals surface area contributed by atoms with Gasteiger partial charge in [0, 0.05) is 25.6 Å². The molecule has 0 radical (unpaired) electrons. The van der Waals surface area contributed by atoms with E-state index in [0.29, 0.717) is 6.10 Å². The van der Waals surface area contributed by atoms with Gasteiger partial charge in [-0.2, -0.15) is 0 Å². The lowest BCUT2D eigenvalue weighted by atomic mass is 9.61. The van der Waals surface area contributed by atoms with Crippen molar-refractivity contribution in [1.82, 2.24) is 5.32 Å². The molecule has 14 heavy (non-hydrogen) atoms. The van der Waals surface area contributed by atoms with Crippen molar-refractivity contribution in [2.45, 2.75) is 18.9 Å². The topological polar surface area (TPSA) is 47.6 Å². The fourth-order valence-corrected chi connectivity index (χ4v) is 2.72. The van der Waals surface area contributed by atoms with Crippen LogP contribution in [0.5, 0.6) is 0 Å². The number of hydrogen-bond acceptors (Lipinski definition) is 4. The Morgan fingerprint density at radius 3 is 2.71 bits per heavy atom. The molecule has 1 saturated heterocycles. The fourth-order valence-electron chi connectivity index (χ4n) is 2.72. The summed E-state index contributed by atoms with van der Waals surface area (Å²) >= 11 is 0. The Morgan fingerprint density at radius 1 is 1.43 bits per heavy atom. The molecule has 2 aliphatic rings. The number of nitrogens with one attached hydrogen (secondary N) is 1. The van der Waals surface area contributed by atoms with Crippen LogP contribution < -0.4 is 5.32 Å². The smallest absolute Gasteiger partial charge is 0.310 e. The van der Waals surface area contributed by atoms with Crippen LogP contribution in [0.25, 0.3) is 0 Å². The molecule has 0 aromatic heterocycles. The third kappa shape index (κ3) is 1.33. The summed E-state index contributed by atoms with van der Waals surface area (Å²) < 4.78 is 10.1. The number of esters is 1. The van der Waals surface area contributed by atoms with Gasteiger partial charge in [-0.1, -0.05) is 0 Å². The number of ether oxygens (including phenoxy) is 2. The normalized spacial score (nSPS) is 41.0. The summed E-state index contributed by atoms with van der Waals surface area (Å²) in [5.41, 5.74) is 0.119. The molecule has 1 aliphatic carbocycles. The number of rotatable bonds is 2. The summed E-state index contributed by atoms with van der Waals surface area (Å²) in [7, 11) is 3.19. The van der Waals surface area contributed by atoms with Gasteiger partial charge in [0.05, 0.1) is 19.1 Å². The average molecular weight is 199 g/mol. The molecule has 1 unspecified atom stereocenters. The number of carbonyl (C=O) groups excluding carboxylic acids is 1. The van der Waals surface area contributed by atoms with E-state index in [1.165, 1.54) is 7.11 Å². The van der Waals surface area contributed by atoms with Gasteiger partial charge in [0.25, 0.3) is 0 Å². The highest BCUT2D eigenvalue weighted by Gasteiger charge is 2.55. The molecule has 4 nitrogen and oxygen atoms in total. The molecular formula is C10H17NO3. The monoisotopic (exact) mass is 199 g/mol. The van der Waals surface area contributed by atoms with Gasteiger partial charge in [-0.3, -0.25) is 4.79 Å². The molecule has 4 heteroatoms. The molecule has 0 amide bonds. The van der Waals surface area contributed by atoms with E-state index in [0.717, 1.165) is 25.9 Å². The zero-order valence-corrected chi connectivity index (χ0v) is 8.71. The lowest BCUT2D eigenvalue weighted by molar-refractivity contribution is -0.155. The number of carbonyl (C=O) groups is 1. The van der Waals surface area contributed by atoms with E-state index < -0.39 is 0 Å². The van der Waals surface area contributed by atoms with Crippen LogP contribution in [0.3, 0.4) is 0 Å². The molecule has 80 valence electrons. The van der Waals surface area contributed by atoms with Crippen molar-refractivity contribution in [3.05, 3.63) is 0 Å². The molecule has 0 aromatic rings. The van der Waals surface area contributed by atoms with Crippen LogP contribution in [0.2, 0.25) is 0 Å². The summed E-state index contributed by atoms with van der Waals surface area (Å²) in [5.74, 6) is -0.0524. The first kappa shape index (κ1) is 9.93. The van der Waals surface area contributed by atoms with Gasteiger partial charge in [0.2, 0.25) is 0 Å². The number of hydrogen-bond donors (Lipinski definition) is 1. The van der Waals surface area contributed by atoms with Crippen molar-refractivity contribution in [1.29, 1.82) is 0 Å². The van der Waals surface area contributed by atoms with E-state index in [1.807, 2.05) is 0 Å². The molecule has 1 heterocycles. The predicted octanol–water partition coefficient (Wildman–Crippen LogP) is 0.174. The minimum atomic E-state index is -0.0791. The molecule has 0 aromatic carbocycles. The van der Waals surface area contributed by atoms with E-state index in [9.17, 15) is 4.79 Å². The van der Waals surface area contributed by atoms with Gasteiger partial charge in [0.15, 0.2) is 0 Å².